The summed E-state index contributed by atoms with van der Waals surface area (Å²) >= 11 is 4.32. The van der Waals surface area contributed by atoms with Crippen molar-refractivity contribution < 1.29 is 4.79 Å². The Bertz CT molecular complexity index is 634. The van der Waals surface area contributed by atoms with Gasteiger partial charge in [-0.1, -0.05) is 30.3 Å². The summed E-state index contributed by atoms with van der Waals surface area (Å²) in [5.41, 5.74) is 1.32. The number of amides is 1. The van der Waals surface area contributed by atoms with E-state index in [-0.39, 0.29) is 12.3 Å². The standard InChI is InChI=1S/C16H14N2OS/c17-11-6-12-18(13-7-2-1-3-8-13)16(19)14-9-4-5-10-15(14)20/h1-5,7-10,20H,6,12H2. The second kappa shape index (κ2) is 6.78. The molecule has 0 saturated carbocycles. The van der Waals surface area contributed by atoms with E-state index in [1.807, 2.05) is 36.4 Å². The van der Waals surface area contributed by atoms with Crippen molar-refractivity contribution in [2.75, 3.05) is 11.4 Å². The fraction of sp³-hybridized carbons (Fsp3) is 0.125. The maximum Gasteiger partial charge on any atom is 0.259 e. The molecule has 0 aromatic heterocycles. The molecule has 4 heteroatoms. The van der Waals surface area contributed by atoms with E-state index in [1.54, 1.807) is 23.1 Å². The molecule has 0 unspecified atom stereocenters. The molecule has 0 bridgehead atoms. The molecule has 0 fully saturated rings. The monoisotopic (exact) mass is 282 g/mol. The van der Waals surface area contributed by atoms with Gasteiger partial charge in [0.15, 0.2) is 0 Å². The summed E-state index contributed by atoms with van der Waals surface area (Å²) in [5.74, 6) is -0.142. The van der Waals surface area contributed by atoms with Crippen molar-refractivity contribution in [1.29, 1.82) is 5.26 Å². The third kappa shape index (κ3) is 3.19. The lowest BCUT2D eigenvalue weighted by Crippen LogP contribution is -2.32. The van der Waals surface area contributed by atoms with Crippen LogP contribution in [0.2, 0.25) is 0 Å². The van der Waals surface area contributed by atoms with Gasteiger partial charge in [-0.2, -0.15) is 5.26 Å². The van der Waals surface area contributed by atoms with Gasteiger partial charge in [-0.15, -0.1) is 12.6 Å². The van der Waals surface area contributed by atoms with Gasteiger partial charge in [0.25, 0.3) is 5.91 Å². The van der Waals surface area contributed by atoms with Gasteiger partial charge in [-0.25, -0.2) is 0 Å². The van der Waals surface area contributed by atoms with E-state index in [1.165, 1.54) is 0 Å². The van der Waals surface area contributed by atoms with Gasteiger partial charge in [0.1, 0.15) is 0 Å². The largest absolute Gasteiger partial charge is 0.307 e. The first-order chi connectivity index (χ1) is 9.74. The van der Waals surface area contributed by atoms with Gasteiger partial charge in [-0.05, 0) is 24.3 Å². The first-order valence-corrected chi connectivity index (χ1v) is 6.70. The second-order valence-electron chi connectivity index (χ2n) is 4.22. The van der Waals surface area contributed by atoms with Crippen molar-refractivity contribution in [1.82, 2.24) is 0 Å². The van der Waals surface area contributed by atoms with E-state index in [0.717, 1.165) is 5.69 Å². The molecule has 100 valence electrons. The zero-order valence-electron chi connectivity index (χ0n) is 10.9. The maximum atomic E-state index is 12.6. The van der Waals surface area contributed by atoms with Gasteiger partial charge in [0, 0.05) is 17.1 Å². The predicted molar refractivity (Wildman–Crippen MR) is 82.0 cm³/mol. The topological polar surface area (TPSA) is 44.1 Å². The second-order valence-corrected chi connectivity index (χ2v) is 4.70. The summed E-state index contributed by atoms with van der Waals surface area (Å²) < 4.78 is 0. The molecule has 0 atom stereocenters. The molecule has 0 spiro atoms. The molecular weight excluding hydrogens is 268 g/mol. The Morgan fingerprint density at radius 3 is 2.40 bits per heavy atom. The molecule has 0 radical (unpaired) electrons. The molecule has 20 heavy (non-hydrogen) atoms. The van der Waals surface area contributed by atoms with Crippen molar-refractivity contribution in [2.45, 2.75) is 11.3 Å². The molecule has 0 aliphatic carbocycles. The summed E-state index contributed by atoms with van der Waals surface area (Å²) in [6.45, 7) is 0.363. The Kier molecular flexibility index (Phi) is 4.80. The minimum Gasteiger partial charge on any atom is -0.307 e. The van der Waals surface area contributed by atoms with Crippen LogP contribution in [0.5, 0.6) is 0 Å². The third-order valence-corrected chi connectivity index (χ3v) is 3.28. The van der Waals surface area contributed by atoms with Gasteiger partial charge in [0.05, 0.1) is 18.1 Å². The molecule has 0 aliphatic rings. The molecule has 2 aromatic rings. The zero-order valence-corrected chi connectivity index (χ0v) is 11.8. The van der Waals surface area contributed by atoms with Crippen LogP contribution in [0.1, 0.15) is 16.8 Å². The van der Waals surface area contributed by atoms with E-state index >= 15 is 0 Å². The van der Waals surface area contributed by atoms with Gasteiger partial charge in [0.2, 0.25) is 0 Å². The van der Waals surface area contributed by atoms with Gasteiger partial charge in [-0.3, -0.25) is 4.79 Å². The lowest BCUT2D eigenvalue weighted by Gasteiger charge is -2.22. The first kappa shape index (κ1) is 14.2. The SMILES string of the molecule is N#CCCN(C(=O)c1ccccc1S)c1ccccc1. The molecule has 2 aromatic carbocycles. The van der Waals surface area contributed by atoms with Crippen LogP contribution in [0.15, 0.2) is 59.5 Å². The number of carbonyl (C=O) groups is 1. The number of nitrogens with zero attached hydrogens (tertiary/aromatic N) is 2. The summed E-state index contributed by atoms with van der Waals surface area (Å²) in [4.78, 5) is 14.9. The van der Waals surface area contributed by atoms with Crippen LogP contribution in [-0.2, 0) is 0 Å². The summed E-state index contributed by atoms with van der Waals surface area (Å²) in [6.07, 6.45) is 0.287. The number of hydrogen-bond donors (Lipinski definition) is 1. The van der Waals surface area contributed by atoms with Crippen LogP contribution >= 0.6 is 12.6 Å². The van der Waals surface area contributed by atoms with Gasteiger partial charge < -0.3 is 4.90 Å². The number of benzene rings is 2. The van der Waals surface area contributed by atoms with Crippen LogP contribution in [-0.4, -0.2) is 12.5 Å². The number of hydrogen-bond acceptors (Lipinski definition) is 3. The summed E-state index contributed by atoms with van der Waals surface area (Å²) in [7, 11) is 0. The quantitative estimate of drug-likeness (QED) is 0.872. The molecule has 3 nitrogen and oxygen atoms in total. The van der Waals surface area contributed by atoms with E-state index in [4.69, 9.17) is 5.26 Å². The maximum absolute atomic E-state index is 12.6. The number of anilines is 1. The molecule has 2 rings (SSSR count). The molecule has 0 saturated heterocycles. The molecule has 0 heterocycles. The van der Waals surface area contributed by atoms with Crippen molar-refractivity contribution in [3.8, 4) is 6.07 Å². The Hall–Kier alpha value is -2.25. The average Bonchev–Trinajstić information content (AvgIpc) is 2.49. The Balaban J connectivity index is 2.35. The minimum absolute atomic E-state index is 0.142. The molecule has 0 aliphatic heterocycles. The fourth-order valence-electron chi connectivity index (χ4n) is 1.92. The van der Waals surface area contributed by atoms with Crippen LogP contribution in [0, 0.1) is 11.3 Å². The van der Waals surface area contributed by atoms with E-state index in [9.17, 15) is 4.79 Å². The van der Waals surface area contributed by atoms with E-state index in [0.29, 0.717) is 17.0 Å². The predicted octanol–water partition coefficient (Wildman–Crippen LogP) is 3.54. The normalized spacial score (nSPS) is 9.80. The van der Waals surface area contributed by atoms with Crippen LogP contribution in [0.4, 0.5) is 5.69 Å². The van der Waals surface area contributed by atoms with Gasteiger partial charge >= 0.3 is 0 Å². The molecule has 0 N–H and O–H groups in total. The Labute approximate surface area is 123 Å². The van der Waals surface area contributed by atoms with Crippen LogP contribution in [0.3, 0.4) is 0 Å². The highest BCUT2D eigenvalue weighted by atomic mass is 32.1. The summed E-state index contributed by atoms with van der Waals surface area (Å²) in [5, 5.41) is 8.77. The average molecular weight is 282 g/mol. The van der Waals surface area contributed by atoms with Crippen LogP contribution in [0.25, 0.3) is 0 Å². The zero-order chi connectivity index (χ0) is 14.4. The number of thiol groups is 1. The Morgan fingerprint density at radius 2 is 1.75 bits per heavy atom. The Morgan fingerprint density at radius 1 is 1.10 bits per heavy atom. The number of rotatable bonds is 4. The highest BCUT2D eigenvalue weighted by molar-refractivity contribution is 7.80. The minimum atomic E-state index is -0.142. The van der Waals surface area contributed by atoms with Crippen molar-refractivity contribution in [3.05, 3.63) is 60.2 Å². The number of carbonyl (C=O) groups excluding carboxylic acids is 1. The number of para-hydroxylation sites is 1. The summed E-state index contributed by atoms with van der Waals surface area (Å²) in [6, 6.07) is 18.6. The number of nitriles is 1. The fourth-order valence-corrected chi connectivity index (χ4v) is 2.17. The third-order valence-electron chi connectivity index (χ3n) is 2.89. The van der Waals surface area contributed by atoms with Crippen molar-refractivity contribution >= 4 is 24.2 Å². The molecular formula is C16H14N2OS. The van der Waals surface area contributed by atoms with Crippen molar-refractivity contribution in [2.24, 2.45) is 0 Å². The lowest BCUT2D eigenvalue weighted by molar-refractivity contribution is 0.0984. The van der Waals surface area contributed by atoms with Crippen LogP contribution < -0.4 is 4.90 Å². The smallest absolute Gasteiger partial charge is 0.259 e. The van der Waals surface area contributed by atoms with Crippen molar-refractivity contribution in [3.63, 3.8) is 0 Å². The highest BCUT2D eigenvalue weighted by Gasteiger charge is 2.18. The van der Waals surface area contributed by atoms with E-state index < -0.39 is 0 Å². The highest BCUT2D eigenvalue weighted by Crippen LogP contribution is 2.20. The first-order valence-electron chi connectivity index (χ1n) is 6.26. The lowest BCUT2D eigenvalue weighted by atomic mass is 10.1. The molecule has 1 amide bonds. The van der Waals surface area contributed by atoms with E-state index in [2.05, 4.69) is 18.7 Å².